The van der Waals surface area contributed by atoms with Gasteiger partial charge in [-0.15, -0.1) is 11.3 Å². The van der Waals surface area contributed by atoms with Crippen LogP contribution in [-0.2, 0) is 21.7 Å². The maximum absolute atomic E-state index is 13.1. The van der Waals surface area contributed by atoms with Crippen molar-refractivity contribution in [3.05, 3.63) is 76.2 Å². The van der Waals surface area contributed by atoms with Crippen molar-refractivity contribution >= 4 is 45.6 Å². The van der Waals surface area contributed by atoms with Gasteiger partial charge in [0, 0.05) is 22.4 Å². The molecule has 1 aliphatic heterocycles. The summed E-state index contributed by atoms with van der Waals surface area (Å²) in [5.74, 6) is -2.90. The van der Waals surface area contributed by atoms with Crippen molar-refractivity contribution in [2.45, 2.75) is 18.8 Å². The zero-order chi connectivity index (χ0) is 23.9. The Morgan fingerprint density at radius 1 is 1.09 bits per heavy atom. The minimum atomic E-state index is -2.98. The lowest BCUT2D eigenvalue weighted by atomic mass is 9.89. The number of cyclic esters (lactones) is 1. The third kappa shape index (κ3) is 4.02. The van der Waals surface area contributed by atoms with E-state index in [0.29, 0.717) is 27.2 Å². The Morgan fingerprint density at radius 3 is 2.56 bits per heavy atom. The van der Waals surface area contributed by atoms with Crippen molar-refractivity contribution < 1.29 is 32.9 Å². The Morgan fingerprint density at radius 2 is 1.85 bits per heavy atom. The number of rotatable bonds is 7. The Balaban J connectivity index is 1.63. The minimum absolute atomic E-state index is 0.0816. The van der Waals surface area contributed by atoms with Gasteiger partial charge in [0.2, 0.25) is 0 Å². The average Bonchev–Trinajstić information content (AvgIpc) is 3.52. The normalized spacial score (nSPS) is 18.1. The van der Waals surface area contributed by atoms with Crippen LogP contribution in [0, 0.1) is 0 Å². The van der Waals surface area contributed by atoms with Crippen LogP contribution >= 0.6 is 23.1 Å². The van der Waals surface area contributed by atoms with Gasteiger partial charge in [-0.3, -0.25) is 0 Å². The molecule has 1 atom stereocenters. The topological polar surface area (TPSA) is 90.8 Å². The molecule has 0 saturated carbocycles. The van der Waals surface area contributed by atoms with E-state index in [2.05, 4.69) is 13.5 Å². The van der Waals surface area contributed by atoms with Crippen LogP contribution in [0.2, 0.25) is 0 Å². The quantitative estimate of drug-likeness (QED) is 0.365. The van der Waals surface area contributed by atoms with Gasteiger partial charge in [-0.05, 0) is 54.1 Å². The number of carbonyl (C=O) groups excluding carboxylic acids is 1. The summed E-state index contributed by atoms with van der Waals surface area (Å²) in [6.45, 7) is -2.98. The van der Waals surface area contributed by atoms with Gasteiger partial charge >= 0.3 is 12.6 Å². The molecule has 0 fully saturated rings. The van der Waals surface area contributed by atoms with Gasteiger partial charge in [0.05, 0.1) is 24.4 Å². The van der Waals surface area contributed by atoms with E-state index in [1.54, 1.807) is 31.4 Å². The molecule has 0 aliphatic carbocycles. The summed E-state index contributed by atoms with van der Waals surface area (Å²) in [5.41, 5.74) is 2.55. The third-order valence-electron chi connectivity index (χ3n) is 5.36. The van der Waals surface area contributed by atoms with E-state index in [-0.39, 0.29) is 23.3 Å². The molecule has 0 bridgehead atoms. The van der Waals surface area contributed by atoms with Gasteiger partial charge in [-0.25, -0.2) is 4.79 Å². The van der Waals surface area contributed by atoms with Crippen LogP contribution in [0.1, 0.15) is 16.0 Å². The number of carbonyl (C=O) groups is 1. The first-order chi connectivity index (χ1) is 16.4. The maximum Gasteiger partial charge on any atom is 0.387 e. The second-order valence-corrected chi connectivity index (χ2v) is 9.02. The number of aromatic nitrogens is 2. The molecule has 1 N–H and O–H groups in total. The molecule has 34 heavy (non-hydrogen) atoms. The summed E-state index contributed by atoms with van der Waals surface area (Å²) >= 11 is 2.43. The fraction of sp³-hybridized carbons (Fsp3) is 0.174. The molecule has 2 aromatic heterocycles. The van der Waals surface area contributed by atoms with Crippen LogP contribution in [-0.4, -0.2) is 33.5 Å². The second-order valence-electron chi connectivity index (χ2n) is 7.36. The van der Waals surface area contributed by atoms with E-state index in [0.717, 1.165) is 16.6 Å². The number of fused-ring (bicyclic) bond motifs is 1. The largest absolute Gasteiger partial charge is 0.487 e. The van der Waals surface area contributed by atoms with E-state index >= 15 is 0 Å². The summed E-state index contributed by atoms with van der Waals surface area (Å²) < 4.78 is 48.7. The van der Waals surface area contributed by atoms with Crippen molar-refractivity contribution in [2.75, 3.05) is 7.11 Å². The summed E-state index contributed by atoms with van der Waals surface area (Å²) in [6.07, 6.45) is 0.189. The summed E-state index contributed by atoms with van der Waals surface area (Å²) in [7, 11) is 1.55. The van der Waals surface area contributed by atoms with E-state index in [1.165, 1.54) is 35.6 Å². The first-order valence-electron chi connectivity index (χ1n) is 9.97. The van der Waals surface area contributed by atoms with Gasteiger partial charge in [-0.2, -0.15) is 17.5 Å². The fourth-order valence-electron chi connectivity index (χ4n) is 3.81. The fourth-order valence-corrected chi connectivity index (χ4v) is 5.16. The number of esters is 1. The SMILES string of the molecule is COc1ccc(CC2=C(c3ccc4nsnc4c3)C(=O)OC2(O)c2ccc(OC(F)F)cc2)s1. The Bertz CT molecular complexity index is 1400. The maximum atomic E-state index is 13.1. The zero-order valence-corrected chi connectivity index (χ0v) is 19.2. The van der Waals surface area contributed by atoms with Crippen LogP contribution in [0.15, 0.2) is 60.2 Å². The number of hydrogen-bond acceptors (Lipinski definition) is 9. The van der Waals surface area contributed by atoms with E-state index < -0.39 is 18.4 Å². The number of methoxy groups -OCH3 is 1. The number of alkyl halides is 2. The smallest absolute Gasteiger partial charge is 0.387 e. The molecule has 7 nitrogen and oxygen atoms in total. The first-order valence-corrected chi connectivity index (χ1v) is 11.5. The van der Waals surface area contributed by atoms with E-state index in [9.17, 15) is 18.7 Å². The molecule has 4 aromatic rings. The summed E-state index contributed by atoms with van der Waals surface area (Å²) in [6, 6.07) is 14.1. The van der Waals surface area contributed by atoms with Crippen molar-refractivity contribution in [2.24, 2.45) is 0 Å². The highest BCUT2D eigenvalue weighted by Gasteiger charge is 2.48. The van der Waals surface area contributed by atoms with Gasteiger partial charge in [0.25, 0.3) is 5.79 Å². The monoisotopic (exact) mass is 502 g/mol. The molecule has 0 saturated heterocycles. The second kappa shape index (κ2) is 8.75. The van der Waals surface area contributed by atoms with Crippen LogP contribution in [0.25, 0.3) is 16.6 Å². The molecule has 11 heteroatoms. The summed E-state index contributed by atoms with van der Waals surface area (Å²) in [5, 5.41) is 12.3. The number of aliphatic hydroxyl groups is 1. The van der Waals surface area contributed by atoms with Crippen LogP contribution < -0.4 is 9.47 Å². The number of hydrogen-bond donors (Lipinski definition) is 1. The molecule has 5 rings (SSSR count). The van der Waals surface area contributed by atoms with Gasteiger partial charge < -0.3 is 19.3 Å². The van der Waals surface area contributed by atoms with Gasteiger partial charge in [0.15, 0.2) is 5.06 Å². The highest BCUT2D eigenvalue weighted by Crippen LogP contribution is 2.46. The molecule has 1 unspecified atom stereocenters. The number of ether oxygens (including phenoxy) is 3. The van der Waals surface area contributed by atoms with Crippen LogP contribution in [0.4, 0.5) is 8.78 Å². The minimum Gasteiger partial charge on any atom is -0.487 e. The van der Waals surface area contributed by atoms with Crippen molar-refractivity contribution in [3.8, 4) is 10.8 Å². The average molecular weight is 503 g/mol. The third-order valence-corrected chi connectivity index (χ3v) is 6.96. The molecule has 2 aromatic carbocycles. The highest BCUT2D eigenvalue weighted by atomic mass is 32.1. The van der Waals surface area contributed by atoms with Crippen molar-refractivity contribution in [1.29, 1.82) is 0 Å². The molecule has 0 spiro atoms. The molecule has 3 heterocycles. The lowest BCUT2D eigenvalue weighted by Crippen LogP contribution is -2.29. The predicted molar refractivity (Wildman–Crippen MR) is 122 cm³/mol. The molecule has 1 aliphatic rings. The number of nitrogens with zero attached hydrogens (tertiary/aromatic N) is 2. The Hall–Kier alpha value is -3.41. The van der Waals surface area contributed by atoms with Gasteiger partial charge in [0.1, 0.15) is 16.8 Å². The lowest BCUT2D eigenvalue weighted by molar-refractivity contribution is -0.185. The molecule has 0 amide bonds. The lowest BCUT2D eigenvalue weighted by Gasteiger charge is -2.25. The van der Waals surface area contributed by atoms with E-state index in [1.807, 2.05) is 6.07 Å². The number of halogens is 2. The van der Waals surface area contributed by atoms with E-state index in [4.69, 9.17) is 9.47 Å². The molecular weight excluding hydrogens is 486 g/mol. The van der Waals surface area contributed by atoms with Gasteiger partial charge in [-0.1, -0.05) is 6.07 Å². The Kier molecular flexibility index (Phi) is 5.76. The molecule has 0 radical (unpaired) electrons. The number of thiophene rings is 1. The number of benzene rings is 2. The highest BCUT2D eigenvalue weighted by molar-refractivity contribution is 7.13. The van der Waals surface area contributed by atoms with Crippen LogP contribution in [0.3, 0.4) is 0 Å². The standard InChI is InChI=1S/C23H16F2N2O5S2/c1-30-19-9-7-15(33-19)11-16-20(12-2-8-17-18(10-12)27-34-26-17)21(28)32-23(16,29)13-3-5-14(6-4-13)31-22(24)25/h2-10,22,29H,11H2,1H3. The van der Waals surface area contributed by atoms with Crippen LogP contribution in [0.5, 0.6) is 10.8 Å². The molecular formula is C23H16F2N2O5S2. The zero-order valence-electron chi connectivity index (χ0n) is 17.5. The first kappa shape index (κ1) is 22.4. The Labute approximate surface area is 200 Å². The summed E-state index contributed by atoms with van der Waals surface area (Å²) in [4.78, 5) is 13.9. The van der Waals surface area contributed by atoms with Crippen molar-refractivity contribution in [1.82, 2.24) is 8.75 Å². The predicted octanol–water partition coefficient (Wildman–Crippen LogP) is 4.76. The van der Waals surface area contributed by atoms with Crippen molar-refractivity contribution in [3.63, 3.8) is 0 Å². The molecule has 174 valence electrons.